The van der Waals surface area contributed by atoms with Crippen molar-refractivity contribution in [2.24, 2.45) is 0 Å². The third kappa shape index (κ3) is 4.01. The Labute approximate surface area is 191 Å². The summed E-state index contributed by atoms with van der Waals surface area (Å²) in [6.07, 6.45) is 2.52. The van der Waals surface area contributed by atoms with Gasteiger partial charge < -0.3 is 19.8 Å². The van der Waals surface area contributed by atoms with Crippen molar-refractivity contribution in [3.63, 3.8) is 0 Å². The zero-order valence-electron chi connectivity index (χ0n) is 19.0. The van der Waals surface area contributed by atoms with E-state index in [9.17, 15) is 5.11 Å². The molecule has 0 radical (unpaired) electrons. The molecular weight excluding hydrogens is 394 g/mol. The highest BCUT2D eigenvalue weighted by molar-refractivity contribution is 5.56. The first-order valence-corrected chi connectivity index (χ1v) is 11.8. The SMILES string of the molecule is CN1CCN(c2ccc(C(O)(c3ccccc3)c3ccc(N4CCCC4)cc3)cc2)CC1. The Morgan fingerprint density at radius 2 is 1.00 bits per heavy atom. The van der Waals surface area contributed by atoms with E-state index in [0.29, 0.717) is 0 Å². The van der Waals surface area contributed by atoms with Gasteiger partial charge in [0.1, 0.15) is 5.60 Å². The van der Waals surface area contributed by atoms with Gasteiger partial charge in [-0.3, -0.25) is 0 Å². The molecule has 0 spiro atoms. The zero-order chi connectivity index (χ0) is 22.0. The molecular formula is C28H33N3O. The molecule has 0 bridgehead atoms. The van der Waals surface area contributed by atoms with Gasteiger partial charge >= 0.3 is 0 Å². The molecule has 1 N–H and O–H groups in total. The molecule has 1 atom stereocenters. The summed E-state index contributed by atoms with van der Waals surface area (Å²) in [4.78, 5) is 7.22. The molecule has 4 nitrogen and oxygen atoms in total. The van der Waals surface area contributed by atoms with Crippen LogP contribution in [0, 0.1) is 0 Å². The fourth-order valence-electron chi connectivity index (χ4n) is 5.05. The molecule has 2 heterocycles. The Morgan fingerprint density at radius 1 is 0.562 bits per heavy atom. The van der Waals surface area contributed by atoms with Crippen LogP contribution in [0.4, 0.5) is 11.4 Å². The number of nitrogens with zero attached hydrogens (tertiary/aromatic N) is 3. The molecule has 0 amide bonds. The molecule has 0 aliphatic carbocycles. The van der Waals surface area contributed by atoms with Gasteiger partial charge in [-0.15, -0.1) is 0 Å². The van der Waals surface area contributed by atoms with Gasteiger partial charge in [0.05, 0.1) is 0 Å². The summed E-state index contributed by atoms with van der Waals surface area (Å²) in [7, 11) is 2.18. The van der Waals surface area contributed by atoms with E-state index in [0.717, 1.165) is 56.0 Å². The minimum atomic E-state index is -1.19. The third-order valence-corrected chi connectivity index (χ3v) is 7.10. The van der Waals surface area contributed by atoms with Crippen LogP contribution in [0.2, 0.25) is 0 Å². The monoisotopic (exact) mass is 427 g/mol. The molecule has 5 rings (SSSR count). The van der Waals surface area contributed by atoms with Crippen LogP contribution in [0.1, 0.15) is 29.5 Å². The number of piperazine rings is 1. The Balaban J connectivity index is 1.48. The van der Waals surface area contributed by atoms with Crippen molar-refractivity contribution in [1.29, 1.82) is 0 Å². The van der Waals surface area contributed by atoms with Gasteiger partial charge in [0.25, 0.3) is 0 Å². The second-order valence-electron chi connectivity index (χ2n) is 9.15. The first kappa shape index (κ1) is 21.0. The number of anilines is 2. The molecule has 2 saturated heterocycles. The van der Waals surface area contributed by atoms with Crippen molar-refractivity contribution in [2.75, 3.05) is 56.1 Å². The van der Waals surface area contributed by atoms with Crippen molar-refractivity contribution in [1.82, 2.24) is 4.90 Å². The fraction of sp³-hybridized carbons (Fsp3) is 0.357. The molecule has 166 valence electrons. The summed E-state index contributed by atoms with van der Waals surface area (Å²) in [6.45, 7) is 6.48. The van der Waals surface area contributed by atoms with Crippen molar-refractivity contribution < 1.29 is 5.11 Å². The maximum absolute atomic E-state index is 12.2. The number of rotatable bonds is 5. The number of hydrogen-bond donors (Lipinski definition) is 1. The van der Waals surface area contributed by atoms with Crippen molar-refractivity contribution in [2.45, 2.75) is 18.4 Å². The normalized spacial score (nSPS) is 19.2. The summed E-state index contributed by atoms with van der Waals surface area (Å²) in [5.74, 6) is 0. The average molecular weight is 428 g/mol. The first-order valence-electron chi connectivity index (χ1n) is 11.8. The Kier molecular flexibility index (Phi) is 5.90. The highest BCUT2D eigenvalue weighted by atomic mass is 16.3. The lowest BCUT2D eigenvalue weighted by Crippen LogP contribution is -2.44. The van der Waals surface area contributed by atoms with Gasteiger partial charge in [0, 0.05) is 50.6 Å². The van der Waals surface area contributed by atoms with Gasteiger partial charge in [-0.2, -0.15) is 0 Å². The van der Waals surface area contributed by atoms with Crippen molar-refractivity contribution >= 4 is 11.4 Å². The van der Waals surface area contributed by atoms with E-state index in [4.69, 9.17) is 0 Å². The fourth-order valence-corrected chi connectivity index (χ4v) is 5.05. The Morgan fingerprint density at radius 3 is 1.50 bits per heavy atom. The molecule has 2 fully saturated rings. The minimum absolute atomic E-state index is 0.890. The average Bonchev–Trinajstić information content (AvgIpc) is 3.40. The van der Waals surface area contributed by atoms with Crippen LogP contribution in [0.25, 0.3) is 0 Å². The molecule has 0 aromatic heterocycles. The Bertz CT molecular complexity index is 1000. The van der Waals surface area contributed by atoms with Gasteiger partial charge in [-0.1, -0.05) is 54.6 Å². The lowest BCUT2D eigenvalue weighted by molar-refractivity contribution is 0.126. The van der Waals surface area contributed by atoms with Crippen LogP contribution in [0.3, 0.4) is 0 Å². The van der Waals surface area contributed by atoms with E-state index in [1.807, 2.05) is 30.3 Å². The molecule has 32 heavy (non-hydrogen) atoms. The number of likely N-dealkylation sites (N-methyl/N-ethyl adjacent to an activating group) is 1. The lowest BCUT2D eigenvalue weighted by atomic mass is 9.80. The molecule has 1 unspecified atom stereocenters. The summed E-state index contributed by atoms with van der Waals surface area (Å²) in [6, 6.07) is 27.0. The van der Waals surface area contributed by atoms with E-state index in [1.165, 1.54) is 24.2 Å². The lowest BCUT2D eigenvalue weighted by Gasteiger charge is -2.35. The van der Waals surface area contributed by atoms with Crippen LogP contribution in [-0.4, -0.2) is 56.3 Å². The molecule has 2 aliphatic rings. The molecule has 3 aromatic rings. The molecule has 2 aliphatic heterocycles. The van der Waals surface area contributed by atoms with Gasteiger partial charge in [0.2, 0.25) is 0 Å². The van der Waals surface area contributed by atoms with Crippen molar-refractivity contribution in [3.05, 3.63) is 95.6 Å². The van der Waals surface area contributed by atoms with Crippen LogP contribution >= 0.6 is 0 Å². The van der Waals surface area contributed by atoms with Gasteiger partial charge in [-0.25, -0.2) is 0 Å². The highest BCUT2D eigenvalue weighted by Crippen LogP contribution is 2.38. The summed E-state index contributed by atoms with van der Waals surface area (Å²) in [5, 5.41) is 12.2. The highest BCUT2D eigenvalue weighted by Gasteiger charge is 2.34. The maximum atomic E-state index is 12.2. The summed E-state index contributed by atoms with van der Waals surface area (Å²) in [5.41, 5.74) is 3.97. The van der Waals surface area contributed by atoms with E-state index in [2.05, 4.69) is 70.3 Å². The predicted octanol–water partition coefficient (Wildman–Crippen LogP) is 4.32. The van der Waals surface area contributed by atoms with E-state index in [-0.39, 0.29) is 0 Å². The quantitative estimate of drug-likeness (QED) is 0.614. The summed E-state index contributed by atoms with van der Waals surface area (Å²) < 4.78 is 0. The molecule has 3 aromatic carbocycles. The number of aliphatic hydroxyl groups is 1. The third-order valence-electron chi connectivity index (χ3n) is 7.10. The van der Waals surface area contributed by atoms with Gasteiger partial charge in [-0.05, 0) is 60.8 Å². The van der Waals surface area contributed by atoms with Crippen molar-refractivity contribution in [3.8, 4) is 0 Å². The Hall–Kier alpha value is -2.82. The smallest absolute Gasteiger partial charge is 0.140 e. The summed E-state index contributed by atoms with van der Waals surface area (Å²) >= 11 is 0. The molecule has 0 saturated carbocycles. The maximum Gasteiger partial charge on any atom is 0.140 e. The van der Waals surface area contributed by atoms with E-state index in [1.54, 1.807) is 0 Å². The molecule has 4 heteroatoms. The topological polar surface area (TPSA) is 30.0 Å². The van der Waals surface area contributed by atoms with Crippen LogP contribution in [-0.2, 0) is 5.60 Å². The standard InChI is InChI=1S/C28H33N3O/c1-29-19-21-31(22-20-29)27-15-11-25(12-16-27)28(32,23-7-3-2-4-8-23)24-9-13-26(14-10-24)30-17-5-6-18-30/h2-4,7-16,32H,5-6,17-22H2,1H3. The van der Waals surface area contributed by atoms with Crippen LogP contribution < -0.4 is 9.80 Å². The van der Waals surface area contributed by atoms with Crippen LogP contribution in [0.15, 0.2) is 78.9 Å². The largest absolute Gasteiger partial charge is 0.376 e. The first-order chi connectivity index (χ1) is 15.6. The van der Waals surface area contributed by atoms with Crippen LogP contribution in [0.5, 0.6) is 0 Å². The van der Waals surface area contributed by atoms with E-state index >= 15 is 0 Å². The predicted molar refractivity (Wildman–Crippen MR) is 133 cm³/mol. The number of hydrogen-bond acceptors (Lipinski definition) is 4. The second kappa shape index (κ2) is 8.97. The number of benzene rings is 3. The van der Waals surface area contributed by atoms with Gasteiger partial charge in [0.15, 0.2) is 0 Å². The zero-order valence-corrected chi connectivity index (χ0v) is 19.0. The minimum Gasteiger partial charge on any atom is -0.376 e. The van der Waals surface area contributed by atoms with E-state index < -0.39 is 5.60 Å². The second-order valence-corrected chi connectivity index (χ2v) is 9.15.